The summed E-state index contributed by atoms with van der Waals surface area (Å²) in [5.41, 5.74) is -4.09. The minimum Gasteiger partial charge on any atom is -0.454 e. The van der Waals surface area contributed by atoms with Gasteiger partial charge in [-0.2, -0.15) is 17.5 Å². The third-order valence-corrected chi connectivity index (χ3v) is 6.15. The zero-order chi connectivity index (χ0) is 20.5. The second-order valence-corrected chi connectivity index (χ2v) is 8.21. The van der Waals surface area contributed by atoms with Crippen molar-refractivity contribution in [2.75, 3.05) is 40.7 Å². The van der Waals surface area contributed by atoms with Crippen molar-refractivity contribution < 1.29 is 45.3 Å². The van der Waals surface area contributed by atoms with Gasteiger partial charge in [-0.25, -0.2) is 8.42 Å². The Morgan fingerprint density at radius 2 is 1.86 bits per heavy atom. The fourth-order valence-electron chi connectivity index (χ4n) is 3.13. The fraction of sp³-hybridized carbons (Fsp3) is 0.625. The predicted molar refractivity (Wildman–Crippen MR) is 89.3 cm³/mol. The molecule has 2 aliphatic rings. The van der Waals surface area contributed by atoms with Gasteiger partial charge in [0.1, 0.15) is 0 Å². The predicted octanol–water partition coefficient (Wildman–Crippen LogP) is 1.80. The summed E-state index contributed by atoms with van der Waals surface area (Å²) in [7, 11) is -3.18. The number of hydrogen-bond acceptors (Lipinski definition) is 7. The van der Waals surface area contributed by atoms with E-state index in [1.165, 1.54) is 14.2 Å². The molecule has 0 aliphatic carbocycles. The monoisotopic (exact) mass is 427 g/mol. The molecule has 1 aromatic rings. The number of fused-ring (bicyclic) bond motifs is 2. The summed E-state index contributed by atoms with van der Waals surface area (Å²) >= 11 is 0. The Hall–Kier alpha value is -1.60. The van der Waals surface area contributed by atoms with Crippen molar-refractivity contribution in [2.24, 2.45) is 0 Å². The molecule has 1 atom stereocenters. The first kappa shape index (κ1) is 21.1. The van der Waals surface area contributed by atoms with Crippen LogP contribution in [0, 0.1) is 0 Å². The highest BCUT2D eigenvalue weighted by Crippen LogP contribution is 2.40. The number of hydrogen-bond donors (Lipinski definition) is 0. The van der Waals surface area contributed by atoms with Gasteiger partial charge in [0.05, 0.1) is 19.8 Å². The molecule has 0 N–H and O–H groups in total. The lowest BCUT2D eigenvalue weighted by molar-refractivity contribution is -0.111. The van der Waals surface area contributed by atoms with Gasteiger partial charge in [0, 0.05) is 26.7 Å². The van der Waals surface area contributed by atoms with Crippen molar-refractivity contribution in [1.82, 2.24) is 4.31 Å². The van der Waals surface area contributed by atoms with Crippen molar-refractivity contribution in [1.29, 1.82) is 0 Å². The largest absolute Gasteiger partial charge is 0.511 e. The maximum Gasteiger partial charge on any atom is 0.511 e. The molecule has 28 heavy (non-hydrogen) atoms. The van der Waals surface area contributed by atoms with E-state index in [1.807, 2.05) is 0 Å². The first-order valence-electron chi connectivity index (χ1n) is 8.29. The van der Waals surface area contributed by atoms with Crippen LogP contribution in [0.4, 0.5) is 13.2 Å². The summed E-state index contributed by atoms with van der Waals surface area (Å²) in [4.78, 5) is 0. The molecule has 2 heterocycles. The summed E-state index contributed by atoms with van der Waals surface area (Å²) in [6.07, 6.45) is -1.15. The van der Waals surface area contributed by atoms with E-state index < -0.39 is 40.8 Å². The van der Waals surface area contributed by atoms with Gasteiger partial charge in [-0.1, -0.05) is 0 Å². The Morgan fingerprint density at radius 3 is 2.46 bits per heavy atom. The number of rotatable bonds is 7. The Labute approximate surface area is 160 Å². The van der Waals surface area contributed by atoms with Crippen LogP contribution in [0.5, 0.6) is 11.5 Å². The van der Waals surface area contributed by atoms with Gasteiger partial charge in [-0.3, -0.25) is 0 Å². The molecule has 0 saturated carbocycles. The number of nitrogens with zero attached hydrogens (tertiary/aromatic N) is 1. The van der Waals surface area contributed by atoms with E-state index in [9.17, 15) is 21.6 Å². The SMILES string of the molecule is COC(CN(CC1COCc2cc3c(cc21)OCO3)S(=O)(=O)C(F)(F)F)OC. The number of halogens is 3. The normalized spacial score (nSPS) is 19.3. The van der Waals surface area contributed by atoms with E-state index in [2.05, 4.69) is 0 Å². The van der Waals surface area contributed by atoms with E-state index in [4.69, 9.17) is 23.7 Å². The van der Waals surface area contributed by atoms with Gasteiger partial charge >= 0.3 is 15.5 Å². The molecule has 8 nitrogen and oxygen atoms in total. The zero-order valence-corrected chi connectivity index (χ0v) is 16.0. The average molecular weight is 427 g/mol. The topological polar surface area (TPSA) is 83.5 Å². The zero-order valence-electron chi connectivity index (χ0n) is 15.2. The number of methoxy groups -OCH3 is 2. The number of alkyl halides is 3. The molecule has 12 heteroatoms. The van der Waals surface area contributed by atoms with E-state index in [0.717, 1.165) is 0 Å². The van der Waals surface area contributed by atoms with Crippen molar-refractivity contribution in [3.63, 3.8) is 0 Å². The van der Waals surface area contributed by atoms with Crippen molar-refractivity contribution in [3.8, 4) is 11.5 Å². The molecular formula is C16H20F3NO7S. The van der Waals surface area contributed by atoms with E-state index in [0.29, 0.717) is 26.9 Å². The second-order valence-electron chi connectivity index (χ2n) is 6.29. The average Bonchev–Trinajstić information content (AvgIpc) is 3.09. The molecule has 0 aromatic heterocycles. The minimum atomic E-state index is -5.61. The van der Waals surface area contributed by atoms with Gasteiger partial charge in [0.2, 0.25) is 6.79 Å². The number of sulfonamides is 1. The lowest BCUT2D eigenvalue weighted by Gasteiger charge is -2.32. The summed E-state index contributed by atoms with van der Waals surface area (Å²) in [5, 5.41) is 0. The van der Waals surface area contributed by atoms with Gasteiger partial charge in [0.15, 0.2) is 17.8 Å². The first-order chi connectivity index (χ1) is 13.2. The third-order valence-electron chi connectivity index (χ3n) is 4.59. The number of benzene rings is 1. The molecule has 1 unspecified atom stereocenters. The first-order valence-corrected chi connectivity index (χ1v) is 9.73. The minimum absolute atomic E-state index is 0.0433. The van der Waals surface area contributed by atoms with Gasteiger partial charge in [0.25, 0.3) is 0 Å². The lowest BCUT2D eigenvalue weighted by Crippen LogP contribution is -2.47. The van der Waals surface area contributed by atoms with Crippen LogP contribution in [0.2, 0.25) is 0 Å². The smallest absolute Gasteiger partial charge is 0.454 e. The van der Waals surface area contributed by atoms with Gasteiger partial charge in [-0.15, -0.1) is 0 Å². The Morgan fingerprint density at radius 1 is 1.21 bits per heavy atom. The van der Waals surface area contributed by atoms with Crippen molar-refractivity contribution >= 4 is 10.0 Å². The van der Waals surface area contributed by atoms with Gasteiger partial charge in [-0.05, 0) is 23.3 Å². The highest BCUT2D eigenvalue weighted by molar-refractivity contribution is 7.90. The Kier molecular flexibility index (Phi) is 6.05. The van der Waals surface area contributed by atoms with Crippen LogP contribution in [-0.2, 0) is 30.8 Å². The molecule has 0 fully saturated rings. The fourth-order valence-corrected chi connectivity index (χ4v) is 4.12. The van der Waals surface area contributed by atoms with Gasteiger partial charge < -0.3 is 23.7 Å². The standard InChI is InChI=1S/C16H20F3NO7S/c1-23-15(24-2)6-20(28(21,22)16(17,18)19)5-11-8-25-7-10-3-13-14(4-12(10)11)27-9-26-13/h3-4,11,15H,5-9H2,1-2H3. The van der Waals surface area contributed by atoms with E-state index >= 15 is 0 Å². The van der Waals surface area contributed by atoms with Crippen LogP contribution >= 0.6 is 0 Å². The van der Waals surface area contributed by atoms with Crippen LogP contribution in [0.25, 0.3) is 0 Å². The quantitative estimate of drug-likeness (QED) is 0.614. The maximum atomic E-state index is 13.2. The Balaban J connectivity index is 1.91. The van der Waals surface area contributed by atoms with Crippen molar-refractivity contribution in [2.45, 2.75) is 24.3 Å². The molecule has 0 bridgehead atoms. The molecule has 0 saturated heterocycles. The summed E-state index contributed by atoms with van der Waals surface area (Å²) in [6, 6.07) is 3.35. The molecule has 1 aromatic carbocycles. The summed E-state index contributed by atoms with van der Waals surface area (Å²) in [6.45, 7) is -0.737. The molecule has 0 amide bonds. The van der Waals surface area contributed by atoms with Crippen LogP contribution in [0.15, 0.2) is 12.1 Å². The third kappa shape index (κ3) is 4.06. The molecule has 0 radical (unpaired) electrons. The van der Waals surface area contributed by atoms with E-state index in [-0.39, 0.29) is 20.0 Å². The molecule has 2 aliphatic heterocycles. The maximum absolute atomic E-state index is 13.2. The van der Waals surface area contributed by atoms with Crippen LogP contribution in [0.3, 0.4) is 0 Å². The summed E-state index contributed by atoms with van der Waals surface area (Å²) in [5.74, 6) is 0.342. The van der Waals surface area contributed by atoms with Crippen LogP contribution in [0.1, 0.15) is 17.0 Å². The Bertz CT molecular complexity index is 811. The molecule has 3 rings (SSSR count). The summed E-state index contributed by atoms with van der Waals surface area (Å²) < 4.78 is 90.0. The highest BCUT2D eigenvalue weighted by atomic mass is 32.2. The lowest BCUT2D eigenvalue weighted by atomic mass is 9.92. The van der Waals surface area contributed by atoms with Crippen molar-refractivity contribution in [3.05, 3.63) is 23.3 Å². The van der Waals surface area contributed by atoms with Crippen LogP contribution in [-0.4, -0.2) is 65.2 Å². The molecule has 158 valence electrons. The molecule has 0 spiro atoms. The second kappa shape index (κ2) is 8.03. The van der Waals surface area contributed by atoms with E-state index in [1.54, 1.807) is 12.1 Å². The molecular weight excluding hydrogens is 407 g/mol. The van der Waals surface area contributed by atoms with Crippen LogP contribution < -0.4 is 9.47 Å². The number of ether oxygens (including phenoxy) is 5. The highest BCUT2D eigenvalue weighted by Gasteiger charge is 2.51.